The average molecular weight is 287 g/mol. The fourth-order valence-electron chi connectivity index (χ4n) is 3.62. The second kappa shape index (κ2) is 5.60. The molecule has 112 valence electrons. The van der Waals surface area contributed by atoms with Crippen LogP contribution in [-0.2, 0) is 9.59 Å². The molecule has 4 nitrogen and oxygen atoms in total. The van der Waals surface area contributed by atoms with E-state index in [0.29, 0.717) is 18.2 Å². The van der Waals surface area contributed by atoms with Crippen molar-refractivity contribution in [1.29, 1.82) is 0 Å². The lowest BCUT2D eigenvalue weighted by Crippen LogP contribution is -3.20. The quantitative estimate of drug-likeness (QED) is 0.827. The van der Waals surface area contributed by atoms with Crippen LogP contribution in [0.15, 0.2) is 24.3 Å². The molecule has 0 aromatic heterocycles. The Bertz CT molecular complexity index is 552. The first-order chi connectivity index (χ1) is 10.1. The van der Waals surface area contributed by atoms with E-state index in [2.05, 4.69) is 6.92 Å². The van der Waals surface area contributed by atoms with Crippen LogP contribution in [0.3, 0.4) is 0 Å². The van der Waals surface area contributed by atoms with Crippen LogP contribution < -0.4 is 9.80 Å². The normalized spacial score (nSPS) is 30.0. The molecular formula is C17H23N2O2+. The molecule has 1 N–H and O–H groups in total. The van der Waals surface area contributed by atoms with Crippen molar-refractivity contribution in [2.24, 2.45) is 0 Å². The molecule has 2 heterocycles. The van der Waals surface area contributed by atoms with Crippen molar-refractivity contribution >= 4 is 17.5 Å². The van der Waals surface area contributed by atoms with Crippen molar-refractivity contribution in [3.63, 3.8) is 0 Å². The monoisotopic (exact) mass is 287 g/mol. The molecule has 0 saturated carbocycles. The molecule has 1 unspecified atom stereocenters. The highest BCUT2D eigenvalue weighted by atomic mass is 16.2. The first-order valence-electron chi connectivity index (χ1n) is 7.87. The van der Waals surface area contributed by atoms with Gasteiger partial charge in [0.1, 0.15) is 0 Å². The standard InChI is InChI=1S/C17H22N2O2/c1-12-6-8-14(9-7-12)19-16(20)11-15(17(19)21)18-10-4-3-5-13(18)2/h6-9,13,15H,3-5,10-11H2,1-2H3/p+1/t13-,15-/m0/s1. The summed E-state index contributed by atoms with van der Waals surface area (Å²) < 4.78 is 0. The average Bonchev–Trinajstić information content (AvgIpc) is 2.76. The molecule has 2 saturated heterocycles. The van der Waals surface area contributed by atoms with Crippen LogP contribution in [0.25, 0.3) is 0 Å². The number of amides is 2. The zero-order chi connectivity index (χ0) is 15.0. The maximum Gasteiger partial charge on any atom is 0.292 e. The largest absolute Gasteiger partial charge is 0.322 e. The molecule has 0 spiro atoms. The van der Waals surface area contributed by atoms with Crippen LogP contribution >= 0.6 is 0 Å². The number of hydrogen-bond donors (Lipinski definition) is 1. The second-order valence-electron chi connectivity index (χ2n) is 6.38. The highest BCUT2D eigenvalue weighted by Crippen LogP contribution is 2.23. The number of rotatable bonds is 2. The van der Waals surface area contributed by atoms with Crippen LogP contribution in [-0.4, -0.2) is 30.4 Å². The summed E-state index contributed by atoms with van der Waals surface area (Å²) >= 11 is 0. The van der Waals surface area contributed by atoms with Crippen molar-refractivity contribution in [3.05, 3.63) is 29.8 Å². The fourth-order valence-corrected chi connectivity index (χ4v) is 3.62. The lowest BCUT2D eigenvalue weighted by atomic mass is 10.0. The van der Waals surface area contributed by atoms with Gasteiger partial charge in [-0.15, -0.1) is 0 Å². The first kappa shape index (κ1) is 14.3. The zero-order valence-electron chi connectivity index (χ0n) is 12.8. The number of piperidine rings is 1. The Morgan fingerprint density at radius 2 is 1.86 bits per heavy atom. The zero-order valence-corrected chi connectivity index (χ0v) is 12.8. The summed E-state index contributed by atoms with van der Waals surface area (Å²) in [4.78, 5) is 27.7. The van der Waals surface area contributed by atoms with Gasteiger partial charge in [-0.05, 0) is 45.2 Å². The van der Waals surface area contributed by atoms with Crippen molar-refractivity contribution in [2.75, 3.05) is 11.4 Å². The van der Waals surface area contributed by atoms with E-state index in [-0.39, 0.29) is 17.9 Å². The minimum absolute atomic E-state index is 0.0207. The van der Waals surface area contributed by atoms with E-state index in [0.717, 1.165) is 24.9 Å². The number of nitrogens with one attached hydrogen (secondary N) is 1. The summed E-state index contributed by atoms with van der Waals surface area (Å²) in [5.74, 6) is -0.0771. The lowest BCUT2D eigenvalue weighted by molar-refractivity contribution is -0.942. The van der Waals surface area contributed by atoms with Crippen molar-refractivity contribution in [3.8, 4) is 0 Å². The van der Waals surface area contributed by atoms with Crippen molar-refractivity contribution in [2.45, 2.75) is 51.6 Å². The van der Waals surface area contributed by atoms with E-state index in [4.69, 9.17) is 0 Å². The van der Waals surface area contributed by atoms with E-state index in [9.17, 15) is 9.59 Å². The number of nitrogens with zero attached hydrogens (tertiary/aromatic N) is 1. The summed E-state index contributed by atoms with van der Waals surface area (Å²) in [6.45, 7) is 5.20. The van der Waals surface area contributed by atoms with Gasteiger partial charge in [0.15, 0.2) is 6.04 Å². The maximum absolute atomic E-state index is 12.7. The molecule has 2 fully saturated rings. The molecule has 1 aromatic rings. The van der Waals surface area contributed by atoms with E-state index < -0.39 is 0 Å². The molecule has 4 heteroatoms. The second-order valence-corrected chi connectivity index (χ2v) is 6.38. The Hall–Kier alpha value is -1.68. The number of aryl methyl sites for hydroxylation is 1. The van der Waals surface area contributed by atoms with Gasteiger partial charge >= 0.3 is 0 Å². The summed E-state index contributed by atoms with van der Waals surface area (Å²) in [5, 5.41) is 0. The van der Waals surface area contributed by atoms with Crippen LogP contribution in [0, 0.1) is 6.92 Å². The fraction of sp³-hybridized carbons (Fsp3) is 0.529. The number of anilines is 1. The number of likely N-dealkylation sites (tertiary alicyclic amines) is 1. The maximum atomic E-state index is 12.7. The van der Waals surface area contributed by atoms with Gasteiger partial charge in [0.05, 0.1) is 24.7 Å². The van der Waals surface area contributed by atoms with Crippen LogP contribution in [0.5, 0.6) is 0 Å². The van der Waals surface area contributed by atoms with Gasteiger partial charge in [0.25, 0.3) is 5.91 Å². The Kier molecular flexibility index (Phi) is 3.81. The molecule has 3 rings (SSSR count). The molecule has 1 aromatic carbocycles. The Morgan fingerprint density at radius 1 is 1.14 bits per heavy atom. The molecule has 0 aliphatic carbocycles. The third kappa shape index (κ3) is 2.60. The number of hydrogen-bond acceptors (Lipinski definition) is 2. The van der Waals surface area contributed by atoms with Crippen LogP contribution in [0.4, 0.5) is 5.69 Å². The van der Waals surface area contributed by atoms with Gasteiger partial charge in [0.2, 0.25) is 5.91 Å². The van der Waals surface area contributed by atoms with Gasteiger partial charge in [-0.2, -0.15) is 0 Å². The smallest absolute Gasteiger partial charge is 0.292 e. The predicted octanol–water partition coefficient (Wildman–Crippen LogP) is 1.08. The summed E-state index contributed by atoms with van der Waals surface area (Å²) in [5.41, 5.74) is 1.84. The van der Waals surface area contributed by atoms with Crippen LogP contribution in [0.1, 0.15) is 38.2 Å². The van der Waals surface area contributed by atoms with Gasteiger partial charge in [0, 0.05) is 0 Å². The Labute approximate surface area is 125 Å². The van der Waals surface area contributed by atoms with E-state index in [1.165, 1.54) is 16.2 Å². The number of benzene rings is 1. The Morgan fingerprint density at radius 3 is 2.52 bits per heavy atom. The molecule has 0 bridgehead atoms. The first-order valence-corrected chi connectivity index (χ1v) is 7.87. The minimum atomic E-state index is -0.186. The van der Waals surface area contributed by atoms with E-state index in [1.807, 2.05) is 31.2 Å². The number of carbonyl (C=O) groups excluding carboxylic acids is 2. The predicted molar refractivity (Wildman–Crippen MR) is 81.2 cm³/mol. The minimum Gasteiger partial charge on any atom is -0.322 e. The highest BCUT2D eigenvalue weighted by Gasteiger charge is 2.47. The number of quaternary nitrogens is 1. The summed E-state index contributed by atoms with van der Waals surface area (Å²) in [7, 11) is 0. The van der Waals surface area contributed by atoms with E-state index >= 15 is 0 Å². The summed E-state index contributed by atoms with van der Waals surface area (Å²) in [6, 6.07) is 7.90. The molecule has 21 heavy (non-hydrogen) atoms. The van der Waals surface area contributed by atoms with Crippen molar-refractivity contribution < 1.29 is 14.5 Å². The molecule has 3 atom stereocenters. The van der Waals surface area contributed by atoms with Gasteiger partial charge in [-0.25, -0.2) is 4.90 Å². The topological polar surface area (TPSA) is 41.8 Å². The SMILES string of the molecule is Cc1ccc(N2C(=O)C[C@H]([NH+]3CCCC[C@@H]3C)C2=O)cc1. The van der Waals surface area contributed by atoms with Gasteiger partial charge < -0.3 is 4.90 Å². The van der Waals surface area contributed by atoms with Gasteiger partial charge in [-0.3, -0.25) is 9.59 Å². The van der Waals surface area contributed by atoms with Gasteiger partial charge in [-0.1, -0.05) is 17.7 Å². The third-order valence-electron chi connectivity index (χ3n) is 4.87. The van der Waals surface area contributed by atoms with Crippen LogP contribution in [0.2, 0.25) is 0 Å². The third-order valence-corrected chi connectivity index (χ3v) is 4.87. The Balaban J connectivity index is 1.83. The highest BCUT2D eigenvalue weighted by molar-refractivity contribution is 6.21. The molecule has 2 aliphatic heterocycles. The number of carbonyl (C=O) groups is 2. The number of imide groups is 1. The molecular weight excluding hydrogens is 264 g/mol. The molecule has 2 amide bonds. The van der Waals surface area contributed by atoms with E-state index in [1.54, 1.807) is 0 Å². The molecule has 0 radical (unpaired) electrons. The molecule has 2 aliphatic rings. The lowest BCUT2D eigenvalue weighted by Gasteiger charge is -2.33. The van der Waals surface area contributed by atoms with Crippen molar-refractivity contribution in [1.82, 2.24) is 0 Å². The summed E-state index contributed by atoms with van der Waals surface area (Å²) in [6.07, 6.45) is 3.90.